The first kappa shape index (κ1) is 9.98. The van der Waals surface area contributed by atoms with Crippen LogP contribution in [0, 0.1) is 4.64 Å². The Morgan fingerprint density at radius 3 is 3.00 bits per heavy atom. The molecule has 0 aromatic carbocycles. The molecule has 2 aromatic rings. The van der Waals surface area contributed by atoms with Crippen LogP contribution in [-0.2, 0) is 6.42 Å². The second-order valence-corrected chi connectivity index (χ2v) is 3.54. The minimum Gasteiger partial charge on any atom is -0.345 e. The van der Waals surface area contributed by atoms with Gasteiger partial charge in [-0.1, -0.05) is 19.1 Å². The lowest BCUT2D eigenvalue weighted by molar-refractivity contribution is 1.03. The molecule has 0 aliphatic carbocycles. The number of nitrogens with one attached hydrogen (secondary N) is 1. The molecular weight excluding hydrogens is 206 g/mol. The van der Waals surface area contributed by atoms with Crippen molar-refractivity contribution in [2.45, 2.75) is 13.3 Å². The predicted octanol–water partition coefficient (Wildman–Crippen LogP) is 2.76. The Kier molecular flexibility index (Phi) is 2.87. The molecule has 0 unspecified atom stereocenters. The zero-order chi connectivity index (χ0) is 10.7. The smallest absolute Gasteiger partial charge is 0.133 e. The average Bonchev–Trinajstić information content (AvgIpc) is 2.30. The highest BCUT2D eigenvalue weighted by atomic mass is 32.1. The third-order valence-electron chi connectivity index (χ3n) is 2.25. The lowest BCUT2D eigenvalue weighted by Gasteiger charge is -2.06. The molecule has 0 saturated heterocycles. The van der Waals surface area contributed by atoms with Gasteiger partial charge in [0.05, 0.1) is 12.0 Å². The minimum absolute atomic E-state index is 0.662. The fourth-order valence-corrected chi connectivity index (χ4v) is 1.82. The lowest BCUT2D eigenvalue weighted by Crippen LogP contribution is -1.95. The Balaban J connectivity index is 2.63. The summed E-state index contributed by atoms with van der Waals surface area (Å²) in [5.41, 5.74) is 3.13. The molecule has 76 valence electrons. The van der Waals surface area contributed by atoms with Crippen molar-refractivity contribution in [1.82, 2.24) is 15.0 Å². The molecule has 0 aliphatic rings. The second-order valence-electron chi connectivity index (χ2n) is 3.16. The first-order chi connectivity index (χ1) is 7.33. The average molecular weight is 217 g/mol. The van der Waals surface area contributed by atoms with E-state index in [1.54, 1.807) is 12.5 Å². The molecular formula is C11H11N3S. The number of pyridine rings is 1. The van der Waals surface area contributed by atoms with Gasteiger partial charge in [0.2, 0.25) is 0 Å². The maximum absolute atomic E-state index is 5.19. The van der Waals surface area contributed by atoms with Crippen LogP contribution in [0.15, 0.2) is 30.9 Å². The van der Waals surface area contributed by atoms with Gasteiger partial charge in [0.15, 0.2) is 0 Å². The van der Waals surface area contributed by atoms with Gasteiger partial charge >= 0.3 is 0 Å². The molecule has 0 fully saturated rings. The van der Waals surface area contributed by atoms with E-state index in [1.165, 1.54) is 0 Å². The van der Waals surface area contributed by atoms with Crippen LogP contribution in [0.5, 0.6) is 0 Å². The summed E-state index contributed by atoms with van der Waals surface area (Å²) < 4.78 is 0.662. The van der Waals surface area contributed by atoms with E-state index in [1.807, 2.05) is 18.3 Å². The maximum atomic E-state index is 5.19. The molecule has 0 spiro atoms. The van der Waals surface area contributed by atoms with E-state index in [4.69, 9.17) is 12.2 Å². The van der Waals surface area contributed by atoms with Crippen LogP contribution >= 0.6 is 12.2 Å². The number of hydrogen-bond donors (Lipinski definition) is 1. The van der Waals surface area contributed by atoms with Crippen molar-refractivity contribution in [2.24, 2.45) is 0 Å². The van der Waals surface area contributed by atoms with Gasteiger partial charge < -0.3 is 4.98 Å². The Bertz CT molecular complexity index is 505. The van der Waals surface area contributed by atoms with Crippen molar-refractivity contribution in [2.75, 3.05) is 0 Å². The fourth-order valence-electron chi connectivity index (χ4n) is 1.52. The summed E-state index contributed by atoms with van der Waals surface area (Å²) in [6.07, 6.45) is 6.07. The topological polar surface area (TPSA) is 41.6 Å². The molecule has 15 heavy (non-hydrogen) atoms. The van der Waals surface area contributed by atoms with Crippen LogP contribution in [0.3, 0.4) is 0 Å². The highest BCUT2D eigenvalue weighted by Gasteiger charge is 2.05. The zero-order valence-electron chi connectivity index (χ0n) is 8.40. The van der Waals surface area contributed by atoms with Crippen LogP contribution < -0.4 is 0 Å². The Morgan fingerprint density at radius 1 is 1.47 bits per heavy atom. The number of aromatic amines is 1. The SMILES string of the molecule is CCc1c(-c2cccnc2)[nH]cnc1=S. The van der Waals surface area contributed by atoms with E-state index < -0.39 is 0 Å². The first-order valence-electron chi connectivity index (χ1n) is 4.80. The van der Waals surface area contributed by atoms with Crippen molar-refractivity contribution >= 4 is 12.2 Å². The molecule has 0 saturated carbocycles. The first-order valence-corrected chi connectivity index (χ1v) is 5.20. The van der Waals surface area contributed by atoms with Crippen molar-refractivity contribution < 1.29 is 0 Å². The largest absolute Gasteiger partial charge is 0.345 e. The monoisotopic (exact) mass is 217 g/mol. The standard InChI is InChI=1S/C11H11N3S/c1-2-9-10(13-7-14-11(9)15)8-4-3-5-12-6-8/h3-7H,2H2,1H3,(H,13,14,15). The summed E-state index contributed by atoms with van der Waals surface area (Å²) in [6, 6.07) is 3.92. The van der Waals surface area contributed by atoms with Crippen molar-refractivity contribution in [3.63, 3.8) is 0 Å². The Morgan fingerprint density at radius 2 is 2.33 bits per heavy atom. The summed E-state index contributed by atoms with van der Waals surface area (Å²) >= 11 is 5.19. The van der Waals surface area contributed by atoms with Gasteiger partial charge in [0.1, 0.15) is 4.64 Å². The number of aromatic nitrogens is 3. The summed E-state index contributed by atoms with van der Waals surface area (Å²) in [7, 11) is 0. The van der Waals surface area contributed by atoms with Gasteiger partial charge in [0, 0.05) is 23.5 Å². The van der Waals surface area contributed by atoms with E-state index >= 15 is 0 Å². The van der Waals surface area contributed by atoms with Gasteiger partial charge in [-0.15, -0.1) is 0 Å². The van der Waals surface area contributed by atoms with Crippen molar-refractivity contribution in [1.29, 1.82) is 0 Å². The molecule has 2 aromatic heterocycles. The van der Waals surface area contributed by atoms with E-state index in [0.717, 1.165) is 23.2 Å². The van der Waals surface area contributed by atoms with Crippen LogP contribution in [0.4, 0.5) is 0 Å². The Hall–Kier alpha value is -1.55. The second kappa shape index (κ2) is 4.31. The molecule has 4 heteroatoms. The highest BCUT2D eigenvalue weighted by Crippen LogP contribution is 2.20. The summed E-state index contributed by atoms with van der Waals surface area (Å²) in [5, 5.41) is 0. The van der Waals surface area contributed by atoms with E-state index in [2.05, 4.69) is 21.9 Å². The number of H-pyrrole nitrogens is 1. The van der Waals surface area contributed by atoms with Crippen LogP contribution in [0.1, 0.15) is 12.5 Å². The maximum Gasteiger partial charge on any atom is 0.133 e. The summed E-state index contributed by atoms with van der Waals surface area (Å²) in [4.78, 5) is 11.3. The summed E-state index contributed by atoms with van der Waals surface area (Å²) in [5.74, 6) is 0. The minimum atomic E-state index is 0.662. The van der Waals surface area contributed by atoms with Gasteiger partial charge in [-0.25, -0.2) is 4.98 Å². The molecule has 0 bridgehead atoms. The fraction of sp³-hybridized carbons (Fsp3) is 0.182. The third-order valence-corrected chi connectivity index (χ3v) is 2.61. The van der Waals surface area contributed by atoms with Gasteiger partial charge in [-0.2, -0.15) is 0 Å². The van der Waals surface area contributed by atoms with Gasteiger partial charge in [0.25, 0.3) is 0 Å². The van der Waals surface area contributed by atoms with Crippen molar-refractivity contribution in [3.05, 3.63) is 41.1 Å². The van der Waals surface area contributed by atoms with Crippen LogP contribution in [0.25, 0.3) is 11.3 Å². The highest BCUT2D eigenvalue weighted by molar-refractivity contribution is 7.71. The van der Waals surface area contributed by atoms with E-state index in [0.29, 0.717) is 4.64 Å². The molecule has 0 aliphatic heterocycles. The molecule has 2 rings (SSSR count). The van der Waals surface area contributed by atoms with Crippen LogP contribution in [0.2, 0.25) is 0 Å². The number of hydrogen-bond acceptors (Lipinski definition) is 3. The molecule has 1 N–H and O–H groups in total. The predicted molar refractivity (Wildman–Crippen MR) is 62.0 cm³/mol. The molecule has 0 atom stereocenters. The number of nitrogens with zero attached hydrogens (tertiary/aromatic N) is 2. The van der Waals surface area contributed by atoms with E-state index in [9.17, 15) is 0 Å². The summed E-state index contributed by atoms with van der Waals surface area (Å²) in [6.45, 7) is 2.07. The molecule has 0 radical (unpaired) electrons. The van der Waals surface area contributed by atoms with Gasteiger partial charge in [-0.3, -0.25) is 4.98 Å². The lowest BCUT2D eigenvalue weighted by atomic mass is 10.1. The third kappa shape index (κ3) is 1.94. The quantitative estimate of drug-likeness (QED) is 0.786. The normalized spacial score (nSPS) is 10.2. The van der Waals surface area contributed by atoms with E-state index in [-0.39, 0.29) is 0 Å². The number of rotatable bonds is 2. The molecule has 2 heterocycles. The Labute approximate surface area is 93.2 Å². The van der Waals surface area contributed by atoms with Crippen LogP contribution in [-0.4, -0.2) is 15.0 Å². The van der Waals surface area contributed by atoms with Gasteiger partial charge in [-0.05, 0) is 18.6 Å². The molecule has 3 nitrogen and oxygen atoms in total. The molecule has 0 amide bonds. The van der Waals surface area contributed by atoms with Crippen molar-refractivity contribution in [3.8, 4) is 11.3 Å². The zero-order valence-corrected chi connectivity index (χ0v) is 9.21.